The second kappa shape index (κ2) is 6.00. The summed E-state index contributed by atoms with van der Waals surface area (Å²) in [6.45, 7) is 0.721. The minimum atomic E-state index is 0.0250. The highest BCUT2D eigenvalue weighted by atomic mass is 16.2. The van der Waals surface area contributed by atoms with Crippen LogP contribution in [0.5, 0.6) is 0 Å². The molecular formula is C15H17N3O. The number of rotatable bonds is 4. The lowest BCUT2D eigenvalue weighted by atomic mass is 10.1. The number of hydrogen-bond donors (Lipinski definition) is 2. The van der Waals surface area contributed by atoms with Gasteiger partial charge in [-0.15, -0.1) is 0 Å². The molecule has 98 valence electrons. The maximum Gasteiger partial charge on any atom is 0.250 e. The first-order valence-electron chi connectivity index (χ1n) is 6.22. The second-order valence-electron chi connectivity index (χ2n) is 4.26. The summed E-state index contributed by atoms with van der Waals surface area (Å²) in [5, 5.41) is 10.3. The van der Waals surface area contributed by atoms with E-state index in [0.717, 1.165) is 29.8 Å². The predicted octanol–water partition coefficient (Wildman–Crippen LogP) is 2.19. The van der Waals surface area contributed by atoms with E-state index in [4.69, 9.17) is 5.41 Å². The zero-order valence-corrected chi connectivity index (χ0v) is 10.9. The average molecular weight is 255 g/mol. The van der Waals surface area contributed by atoms with Crippen LogP contribution < -0.4 is 10.2 Å². The lowest BCUT2D eigenvalue weighted by molar-refractivity contribution is -0.114. The molecule has 0 saturated carbocycles. The Kier molecular flexibility index (Phi) is 4.13. The summed E-state index contributed by atoms with van der Waals surface area (Å²) >= 11 is 0. The fourth-order valence-corrected chi connectivity index (χ4v) is 2.04. The first kappa shape index (κ1) is 13.1. The quantitative estimate of drug-likeness (QED) is 0.810. The third kappa shape index (κ3) is 2.91. The van der Waals surface area contributed by atoms with Gasteiger partial charge in [-0.3, -0.25) is 4.79 Å². The predicted molar refractivity (Wildman–Crippen MR) is 78.4 cm³/mol. The van der Waals surface area contributed by atoms with Crippen LogP contribution in [0.15, 0.2) is 42.6 Å². The van der Waals surface area contributed by atoms with Crippen molar-refractivity contribution in [3.63, 3.8) is 0 Å². The fraction of sp³-hybridized carbons (Fsp3) is 0.200. The van der Waals surface area contributed by atoms with E-state index in [9.17, 15) is 4.79 Å². The Morgan fingerprint density at radius 2 is 2.11 bits per heavy atom. The molecule has 0 radical (unpaired) electrons. The number of carbonyl (C=O) groups excluding carboxylic acids is 1. The fourth-order valence-electron chi connectivity index (χ4n) is 2.04. The van der Waals surface area contributed by atoms with Crippen molar-refractivity contribution in [2.45, 2.75) is 6.42 Å². The van der Waals surface area contributed by atoms with Gasteiger partial charge in [-0.1, -0.05) is 18.2 Å². The lowest BCUT2D eigenvalue weighted by Gasteiger charge is -2.23. The monoisotopic (exact) mass is 255 g/mol. The molecule has 0 fully saturated rings. The molecule has 0 unspecified atom stereocenters. The molecule has 0 saturated heterocycles. The highest BCUT2D eigenvalue weighted by Gasteiger charge is 2.15. The summed E-state index contributed by atoms with van der Waals surface area (Å²) in [5.41, 5.74) is 2.65. The van der Waals surface area contributed by atoms with Crippen molar-refractivity contribution in [3.05, 3.63) is 48.2 Å². The molecule has 1 aromatic carbocycles. The molecule has 2 rings (SSSR count). The SMILES string of the molecule is CN/C=C(\C=N)c1ccc(N2CCC=CC2=O)cc1. The van der Waals surface area contributed by atoms with Gasteiger partial charge in [0.25, 0.3) is 5.91 Å². The van der Waals surface area contributed by atoms with Crippen LogP contribution in [-0.2, 0) is 4.79 Å². The van der Waals surface area contributed by atoms with Gasteiger partial charge in [0.15, 0.2) is 0 Å². The van der Waals surface area contributed by atoms with Crippen molar-refractivity contribution in [3.8, 4) is 0 Å². The van der Waals surface area contributed by atoms with E-state index >= 15 is 0 Å². The Morgan fingerprint density at radius 1 is 1.37 bits per heavy atom. The van der Waals surface area contributed by atoms with Crippen molar-refractivity contribution in [1.29, 1.82) is 5.41 Å². The molecule has 0 spiro atoms. The first-order chi connectivity index (χ1) is 9.26. The topological polar surface area (TPSA) is 56.2 Å². The summed E-state index contributed by atoms with van der Waals surface area (Å²) in [4.78, 5) is 13.5. The maximum absolute atomic E-state index is 11.8. The standard InChI is InChI=1S/C15H17N3O/c1-17-11-13(10-16)12-5-7-14(8-6-12)18-9-3-2-4-15(18)19/h2,4-8,10-11,16-17H,3,9H2,1H3/b13-11+,16-10?. The summed E-state index contributed by atoms with van der Waals surface area (Å²) in [7, 11) is 1.80. The van der Waals surface area contributed by atoms with Crippen LogP contribution in [0.3, 0.4) is 0 Å². The average Bonchev–Trinajstić information content (AvgIpc) is 2.46. The van der Waals surface area contributed by atoms with Crippen molar-refractivity contribution in [2.24, 2.45) is 0 Å². The van der Waals surface area contributed by atoms with Crippen LogP contribution in [-0.4, -0.2) is 25.7 Å². The van der Waals surface area contributed by atoms with Crippen LogP contribution in [0, 0.1) is 5.41 Å². The first-order valence-corrected chi connectivity index (χ1v) is 6.22. The third-order valence-electron chi connectivity index (χ3n) is 3.01. The van der Waals surface area contributed by atoms with Gasteiger partial charge in [0.1, 0.15) is 0 Å². The van der Waals surface area contributed by atoms with E-state index in [2.05, 4.69) is 5.32 Å². The lowest BCUT2D eigenvalue weighted by Crippen LogP contribution is -2.32. The Balaban J connectivity index is 2.23. The largest absolute Gasteiger partial charge is 0.393 e. The van der Waals surface area contributed by atoms with E-state index in [1.807, 2.05) is 30.3 Å². The molecule has 0 bridgehead atoms. The molecule has 0 aliphatic carbocycles. The number of amides is 1. The van der Waals surface area contributed by atoms with Gasteiger partial charge in [0.2, 0.25) is 0 Å². The Labute approximate surface area is 112 Å². The molecule has 4 nitrogen and oxygen atoms in total. The Morgan fingerprint density at radius 3 is 2.68 bits per heavy atom. The van der Waals surface area contributed by atoms with E-state index in [0.29, 0.717) is 0 Å². The highest BCUT2D eigenvalue weighted by molar-refractivity contribution is 6.08. The third-order valence-corrected chi connectivity index (χ3v) is 3.01. The number of anilines is 1. The molecule has 2 N–H and O–H groups in total. The van der Waals surface area contributed by atoms with Gasteiger partial charge < -0.3 is 15.6 Å². The number of hydrogen-bond acceptors (Lipinski definition) is 3. The summed E-state index contributed by atoms with van der Waals surface area (Å²) in [6, 6.07) is 7.68. The highest BCUT2D eigenvalue weighted by Crippen LogP contribution is 2.21. The van der Waals surface area contributed by atoms with Crippen LogP contribution in [0.2, 0.25) is 0 Å². The molecule has 4 heteroatoms. The second-order valence-corrected chi connectivity index (χ2v) is 4.26. The van der Waals surface area contributed by atoms with E-state index in [1.165, 1.54) is 6.21 Å². The van der Waals surface area contributed by atoms with Crippen molar-refractivity contribution < 1.29 is 4.79 Å². The van der Waals surface area contributed by atoms with Crippen LogP contribution >= 0.6 is 0 Å². The van der Waals surface area contributed by atoms with Crippen molar-refractivity contribution in [1.82, 2.24) is 5.32 Å². The molecule has 1 aliphatic rings. The molecular weight excluding hydrogens is 238 g/mol. The zero-order valence-electron chi connectivity index (χ0n) is 10.9. The molecule has 19 heavy (non-hydrogen) atoms. The van der Waals surface area contributed by atoms with E-state index in [1.54, 1.807) is 24.2 Å². The minimum Gasteiger partial charge on any atom is -0.393 e. The maximum atomic E-state index is 11.8. The number of allylic oxidation sites excluding steroid dienone is 1. The van der Waals surface area contributed by atoms with Crippen molar-refractivity contribution >= 4 is 23.4 Å². The number of benzene rings is 1. The number of nitrogens with one attached hydrogen (secondary N) is 2. The van der Waals surface area contributed by atoms with Gasteiger partial charge >= 0.3 is 0 Å². The number of carbonyl (C=O) groups is 1. The normalized spacial score (nSPS) is 15.5. The zero-order chi connectivity index (χ0) is 13.7. The molecule has 1 heterocycles. The summed E-state index contributed by atoms with van der Waals surface area (Å²) < 4.78 is 0. The Hall–Kier alpha value is -2.36. The van der Waals surface area contributed by atoms with Gasteiger partial charge in [-0.2, -0.15) is 0 Å². The molecule has 0 atom stereocenters. The molecule has 1 aliphatic heterocycles. The van der Waals surface area contributed by atoms with Crippen LogP contribution in [0.25, 0.3) is 5.57 Å². The van der Waals surface area contributed by atoms with Gasteiger partial charge in [-0.25, -0.2) is 0 Å². The smallest absolute Gasteiger partial charge is 0.250 e. The van der Waals surface area contributed by atoms with Gasteiger partial charge in [0.05, 0.1) is 0 Å². The van der Waals surface area contributed by atoms with Crippen LogP contribution in [0.1, 0.15) is 12.0 Å². The molecule has 1 amide bonds. The van der Waals surface area contributed by atoms with Crippen LogP contribution in [0.4, 0.5) is 5.69 Å². The molecule has 1 aromatic rings. The number of nitrogens with zero attached hydrogens (tertiary/aromatic N) is 1. The van der Waals surface area contributed by atoms with Gasteiger partial charge in [-0.05, 0) is 30.2 Å². The van der Waals surface area contributed by atoms with Crippen molar-refractivity contribution in [2.75, 3.05) is 18.5 Å². The minimum absolute atomic E-state index is 0.0250. The molecule has 0 aromatic heterocycles. The summed E-state index contributed by atoms with van der Waals surface area (Å²) in [6.07, 6.45) is 7.48. The van der Waals surface area contributed by atoms with E-state index in [-0.39, 0.29) is 5.91 Å². The van der Waals surface area contributed by atoms with Gasteiger partial charge in [0, 0.05) is 37.3 Å². The summed E-state index contributed by atoms with van der Waals surface area (Å²) in [5.74, 6) is 0.0250. The Bertz CT molecular complexity index is 529. The van der Waals surface area contributed by atoms with E-state index < -0.39 is 0 Å².